The van der Waals surface area contributed by atoms with Crippen molar-refractivity contribution in [3.8, 4) is 0 Å². The summed E-state index contributed by atoms with van der Waals surface area (Å²) in [6, 6.07) is 2.41. The van der Waals surface area contributed by atoms with E-state index in [9.17, 15) is 0 Å². The summed E-state index contributed by atoms with van der Waals surface area (Å²) in [5.74, 6) is 1.05. The Bertz CT molecular complexity index is 534. The molecule has 6 heteroatoms. The molecule has 0 aromatic carbocycles. The van der Waals surface area contributed by atoms with Crippen LogP contribution in [0.4, 0.5) is 0 Å². The van der Waals surface area contributed by atoms with Gasteiger partial charge in [0, 0.05) is 40.2 Å². The highest BCUT2D eigenvalue weighted by Gasteiger charge is 2.23. The minimum absolute atomic E-state index is 0.0656. The average Bonchev–Trinajstić information content (AvgIpc) is 2.89. The van der Waals surface area contributed by atoms with E-state index < -0.39 is 0 Å². The minimum atomic E-state index is 0.0656. The molecule has 2 atom stereocenters. The van der Waals surface area contributed by atoms with Crippen LogP contribution in [-0.2, 0) is 13.6 Å². The van der Waals surface area contributed by atoms with E-state index in [0.29, 0.717) is 0 Å². The van der Waals surface area contributed by atoms with Gasteiger partial charge in [-0.1, -0.05) is 0 Å². The number of likely N-dealkylation sites (N-methyl/N-ethyl adjacent to an activating group) is 1. The number of halogens is 1. The molecule has 2 N–H and O–H groups in total. The van der Waals surface area contributed by atoms with Crippen molar-refractivity contribution in [3.05, 3.63) is 39.0 Å². The molecule has 19 heavy (non-hydrogen) atoms. The second kappa shape index (κ2) is 6.17. The summed E-state index contributed by atoms with van der Waals surface area (Å²) in [4.78, 5) is 7.90. The fourth-order valence-corrected chi connectivity index (χ4v) is 3.96. The van der Waals surface area contributed by atoms with Crippen LogP contribution in [0.1, 0.15) is 23.7 Å². The molecule has 0 saturated heterocycles. The number of thiophene rings is 1. The summed E-state index contributed by atoms with van der Waals surface area (Å²) >= 11 is 5.24. The van der Waals surface area contributed by atoms with E-state index in [4.69, 9.17) is 5.73 Å². The maximum Gasteiger partial charge on any atom is 0.122 e. The van der Waals surface area contributed by atoms with E-state index in [1.807, 2.05) is 30.9 Å². The molecule has 2 heterocycles. The number of rotatable bonds is 5. The predicted octanol–water partition coefficient (Wildman–Crippen LogP) is 2.76. The van der Waals surface area contributed by atoms with Crippen LogP contribution in [0.3, 0.4) is 0 Å². The molecule has 0 aliphatic carbocycles. The van der Waals surface area contributed by atoms with Gasteiger partial charge < -0.3 is 10.3 Å². The highest BCUT2D eigenvalue weighted by atomic mass is 79.9. The maximum atomic E-state index is 6.17. The minimum Gasteiger partial charge on any atom is -0.337 e. The third kappa shape index (κ3) is 3.45. The van der Waals surface area contributed by atoms with E-state index >= 15 is 0 Å². The third-order valence-corrected chi connectivity index (χ3v) is 4.93. The lowest BCUT2D eigenvalue weighted by atomic mass is 10.1. The standard InChI is InChI=1S/C13H19BrN4S/c1-9(15)13(11-6-10(14)8-19-11)18(3)7-12-16-4-5-17(12)2/h4-6,8-9,13H,7,15H2,1-3H3. The lowest BCUT2D eigenvalue weighted by molar-refractivity contribution is 0.207. The van der Waals surface area contributed by atoms with E-state index in [-0.39, 0.29) is 12.1 Å². The van der Waals surface area contributed by atoms with Gasteiger partial charge in [0.1, 0.15) is 5.82 Å². The Morgan fingerprint density at radius 3 is 2.79 bits per heavy atom. The van der Waals surface area contributed by atoms with Crippen molar-refractivity contribution in [2.45, 2.75) is 25.6 Å². The normalized spacial score (nSPS) is 14.8. The highest BCUT2D eigenvalue weighted by Crippen LogP contribution is 2.31. The van der Waals surface area contributed by atoms with E-state index in [1.165, 1.54) is 4.88 Å². The predicted molar refractivity (Wildman–Crippen MR) is 83.1 cm³/mol. The number of aromatic nitrogens is 2. The first-order chi connectivity index (χ1) is 8.99. The molecule has 0 fully saturated rings. The lowest BCUT2D eigenvalue weighted by Gasteiger charge is -2.30. The van der Waals surface area contributed by atoms with Crippen molar-refractivity contribution in [1.29, 1.82) is 0 Å². The molecule has 0 spiro atoms. The Morgan fingerprint density at radius 2 is 2.32 bits per heavy atom. The first-order valence-electron chi connectivity index (χ1n) is 6.15. The maximum absolute atomic E-state index is 6.17. The molecular formula is C13H19BrN4S. The van der Waals surface area contributed by atoms with Gasteiger partial charge in [-0.2, -0.15) is 0 Å². The van der Waals surface area contributed by atoms with Gasteiger partial charge in [-0.05, 0) is 36.0 Å². The van der Waals surface area contributed by atoms with Crippen molar-refractivity contribution in [1.82, 2.24) is 14.5 Å². The van der Waals surface area contributed by atoms with E-state index in [1.54, 1.807) is 11.3 Å². The molecular weight excluding hydrogens is 324 g/mol. The van der Waals surface area contributed by atoms with E-state index in [2.05, 4.69) is 44.3 Å². The summed E-state index contributed by atoms with van der Waals surface area (Å²) in [6.07, 6.45) is 3.79. The van der Waals surface area contributed by atoms with Crippen molar-refractivity contribution in [2.24, 2.45) is 12.8 Å². The number of aryl methyl sites for hydroxylation is 1. The second-order valence-electron chi connectivity index (χ2n) is 4.84. The molecule has 2 unspecified atom stereocenters. The van der Waals surface area contributed by atoms with Crippen LogP contribution >= 0.6 is 27.3 Å². The Kier molecular flexibility index (Phi) is 4.78. The van der Waals surface area contributed by atoms with Crippen LogP contribution in [0.5, 0.6) is 0 Å². The van der Waals surface area contributed by atoms with Crippen LogP contribution < -0.4 is 5.73 Å². The number of nitrogens with zero attached hydrogens (tertiary/aromatic N) is 3. The zero-order chi connectivity index (χ0) is 14.0. The van der Waals surface area contributed by atoms with Gasteiger partial charge in [0.2, 0.25) is 0 Å². The van der Waals surface area contributed by atoms with Gasteiger partial charge in [0.15, 0.2) is 0 Å². The molecule has 2 rings (SSSR count). The zero-order valence-electron chi connectivity index (χ0n) is 11.4. The highest BCUT2D eigenvalue weighted by molar-refractivity contribution is 9.10. The van der Waals surface area contributed by atoms with Crippen LogP contribution in [0.25, 0.3) is 0 Å². The van der Waals surface area contributed by atoms with Gasteiger partial charge >= 0.3 is 0 Å². The second-order valence-corrected chi connectivity index (χ2v) is 6.70. The first-order valence-corrected chi connectivity index (χ1v) is 7.82. The Hall–Kier alpha value is -0.690. The number of nitrogens with two attached hydrogens (primary N) is 1. The summed E-state index contributed by atoms with van der Waals surface area (Å²) in [6.45, 7) is 2.83. The van der Waals surface area contributed by atoms with Crippen LogP contribution in [0, 0.1) is 0 Å². The van der Waals surface area contributed by atoms with Gasteiger partial charge in [-0.3, -0.25) is 4.90 Å². The van der Waals surface area contributed by atoms with Crippen molar-refractivity contribution < 1.29 is 0 Å². The number of hydrogen-bond acceptors (Lipinski definition) is 4. The topological polar surface area (TPSA) is 47.1 Å². The van der Waals surface area contributed by atoms with Gasteiger partial charge in [-0.15, -0.1) is 11.3 Å². The molecule has 0 saturated carbocycles. The number of hydrogen-bond donors (Lipinski definition) is 1. The smallest absolute Gasteiger partial charge is 0.122 e. The number of imidazole rings is 1. The lowest BCUT2D eigenvalue weighted by Crippen LogP contribution is -2.36. The van der Waals surface area contributed by atoms with Gasteiger partial charge in [-0.25, -0.2) is 4.98 Å². The summed E-state index contributed by atoms with van der Waals surface area (Å²) in [5.41, 5.74) is 6.17. The van der Waals surface area contributed by atoms with Crippen molar-refractivity contribution in [2.75, 3.05) is 7.05 Å². The van der Waals surface area contributed by atoms with Crippen LogP contribution in [-0.4, -0.2) is 27.5 Å². The van der Waals surface area contributed by atoms with Gasteiger partial charge in [0.25, 0.3) is 0 Å². The van der Waals surface area contributed by atoms with E-state index in [0.717, 1.165) is 16.8 Å². The van der Waals surface area contributed by atoms with Crippen molar-refractivity contribution in [3.63, 3.8) is 0 Å². The summed E-state index contributed by atoms with van der Waals surface area (Å²) < 4.78 is 3.16. The summed E-state index contributed by atoms with van der Waals surface area (Å²) in [5, 5.41) is 2.10. The molecule has 0 aliphatic heterocycles. The SMILES string of the molecule is CC(N)C(c1cc(Br)cs1)N(C)Cc1nccn1C. The fourth-order valence-electron chi connectivity index (χ4n) is 2.23. The van der Waals surface area contributed by atoms with Gasteiger partial charge in [0.05, 0.1) is 12.6 Å². The first kappa shape index (κ1) is 14.7. The zero-order valence-corrected chi connectivity index (χ0v) is 13.8. The Balaban J connectivity index is 2.18. The quantitative estimate of drug-likeness (QED) is 0.908. The fraction of sp³-hybridized carbons (Fsp3) is 0.462. The molecule has 2 aromatic rings. The molecule has 2 aromatic heterocycles. The third-order valence-electron chi connectivity index (χ3n) is 3.16. The Morgan fingerprint density at radius 1 is 1.58 bits per heavy atom. The molecule has 0 amide bonds. The largest absolute Gasteiger partial charge is 0.337 e. The van der Waals surface area contributed by atoms with Crippen LogP contribution in [0.2, 0.25) is 0 Å². The van der Waals surface area contributed by atoms with Crippen LogP contribution in [0.15, 0.2) is 28.3 Å². The average molecular weight is 343 g/mol. The monoisotopic (exact) mass is 342 g/mol. The van der Waals surface area contributed by atoms with Crippen molar-refractivity contribution >= 4 is 27.3 Å². The molecule has 0 bridgehead atoms. The Labute approximate surface area is 126 Å². The summed E-state index contributed by atoms with van der Waals surface area (Å²) in [7, 11) is 4.11. The molecule has 0 aliphatic rings. The molecule has 104 valence electrons. The molecule has 4 nitrogen and oxygen atoms in total. The molecule has 0 radical (unpaired) electrons.